The molecule has 3 aliphatic rings. The largest absolute Gasteiger partial charge is 0.449 e. The van der Waals surface area contributed by atoms with Crippen LogP contribution in [0.15, 0.2) is 22.7 Å². The molecule has 0 aliphatic carbocycles. The number of anilines is 2. The topological polar surface area (TPSA) is 83.7 Å². The molecule has 1 N–H and O–H groups in total. The number of ether oxygens (including phenoxy) is 2. The molecule has 3 aliphatic heterocycles. The van der Waals surface area contributed by atoms with Crippen molar-refractivity contribution in [2.24, 2.45) is 0 Å². The Morgan fingerprint density at radius 3 is 2.89 bits per heavy atom. The summed E-state index contributed by atoms with van der Waals surface area (Å²) >= 11 is 0. The second-order valence-electron chi connectivity index (χ2n) is 6.94. The van der Waals surface area contributed by atoms with Gasteiger partial charge in [0.15, 0.2) is 6.40 Å². The van der Waals surface area contributed by atoms with Gasteiger partial charge in [0.25, 0.3) is 5.56 Å². The Morgan fingerprint density at radius 2 is 2.14 bits per heavy atom. The highest BCUT2D eigenvalue weighted by molar-refractivity contribution is 5.50. The molecule has 11 heteroatoms. The van der Waals surface area contributed by atoms with Crippen LogP contribution in [0.25, 0.3) is 0 Å². The lowest BCUT2D eigenvalue weighted by atomic mass is 10.1. The molecule has 0 radical (unpaired) electrons. The van der Waals surface area contributed by atoms with Crippen molar-refractivity contribution in [2.75, 3.05) is 36.1 Å². The molecule has 0 saturated carbocycles. The molecule has 4 heterocycles. The Bertz CT molecular complexity index is 853. The number of fused-ring (bicyclic) bond motifs is 3. The highest BCUT2D eigenvalue weighted by Crippen LogP contribution is 2.35. The third-order valence-corrected chi connectivity index (χ3v) is 5.29. The maximum absolute atomic E-state index is 13.7. The van der Waals surface area contributed by atoms with Crippen LogP contribution in [0.2, 0.25) is 0 Å². The van der Waals surface area contributed by atoms with Crippen molar-refractivity contribution in [2.45, 2.75) is 37.6 Å². The molecule has 0 unspecified atom stereocenters. The second-order valence-corrected chi connectivity index (χ2v) is 6.94. The van der Waals surface area contributed by atoms with Crippen LogP contribution in [-0.2, 0) is 16.0 Å². The Kier molecular flexibility index (Phi) is 4.77. The Hall–Kier alpha value is -2.56. The van der Waals surface area contributed by atoms with Gasteiger partial charge in [-0.15, -0.1) is 0 Å². The van der Waals surface area contributed by atoms with E-state index in [1.54, 1.807) is 6.08 Å². The zero-order valence-corrected chi connectivity index (χ0v) is 15.0. The third-order valence-electron chi connectivity index (χ3n) is 5.29. The molecular weight excluding hydrogens is 379 g/mol. The molecule has 1 saturated heterocycles. The fraction of sp³-hybridized carbons (Fsp3) is 0.588. The van der Waals surface area contributed by atoms with E-state index < -0.39 is 12.2 Å². The molecule has 28 heavy (non-hydrogen) atoms. The van der Waals surface area contributed by atoms with Gasteiger partial charge < -0.3 is 19.3 Å². The zero-order chi connectivity index (χ0) is 19.9. The van der Waals surface area contributed by atoms with Gasteiger partial charge in [-0.3, -0.25) is 14.8 Å². The summed E-state index contributed by atoms with van der Waals surface area (Å²) in [4.78, 5) is 20.1. The van der Waals surface area contributed by atoms with E-state index >= 15 is 0 Å². The van der Waals surface area contributed by atoms with Gasteiger partial charge in [-0.25, -0.2) is 0 Å². The molecule has 1 aromatic heterocycles. The Labute approximate surface area is 158 Å². The van der Waals surface area contributed by atoms with Crippen molar-refractivity contribution in [1.29, 1.82) is 5.41 Å². The molecule has 0 aromatic carbocycles. The first-order valence-corrected chi connectivity index (χ1v) is 9.02. The first-order chi connectivity index (χ1) is 13.4. The zero-order valence-electron chi connectivity index (χ0n) is 15.0. The van der Waals surface area contributed by atoms with E-state index in [0.717, 1.165) is 4.90 Å². The summed E-state index contributed by atoms with van der Waals surface area (Å²) in [6, 6.07) is -0.525. The first-order valence-electron chi connectivity index (χ1n) is 9.02. The summed E-state index contributed by atoms with van der Waals surface area (Å²) < 4.78 is 53.1. The van der Waals surface area contributed by atoms with Crippen molar-refractivity contribution >= 4 is 18.2 Å². The van der Waals surface area contributed by atoms with Crippen molar-refractivity contribution in [3.05, 3.63) is 28.3 Å². The number of halogens is 3. The van der Waals surface area contributed by atoms with Gasteiger partial charge in [0.05, 0.1) is 25.8 Å². The number of nitrogens with one attached hydrogen (secondary N) is 1. The molecule has 8 nitrogen and oxygen atoms in total. The van der Waals surface area contributed by atoms with E-state index in [4.69, 9.17) is 14.9 Å². The minimum Gasteiger partial charge on any atom is -0.449 e. The van der Waals surface area contributed by atoms with E-state index in [-0.39, 0.29) is 42.8 Å². The minimum atomic E-state index is -4.49. The van der Waals surface area contributed by atoms with E-state index in [2.05, 4.69) is 4.98 Å². The summed E-state index contributed by atoms with van der Waals surface area (Å²) in [5.41, 5.74) is -0.380. The fourth-order valence-electron chi connectivity index (χ4n) is 3.94. The van der Waals surface area contributed by atoms with Crippen LogP contribution >= 0.6 is 0 Å². The minimum absolute atomic E-state index is 0.0253. The summed E-state index contributed by atoms with van der Waals surface area (Å²) in [7, 11) is 0. The average molecular weight is 399 g/mol. The molecule has 1 aromatic rings. The van der Waals surface area contributed by atoms with Gasteiger partial charge >= 0.3 is 6.18 Å². The molecule has 0 spiro atoms. The van der Waals surface area contributed by atoms with Gasteiger partial charge in [-0.1, -0.05) is 0 Å². The maximum atomic E-state index is 13.7. The number of rotatable bonds is 2. The average Bonchev–Trinajstić information content (AvgIpc) is 2.65. The molecular formula is C17H20F3N5O3. The highest BCUT2D eigenvalue weighted by atomic mass is 19.4. The van der Waals surface area contributed by atoms with Gasteiger partial charge in [0, 0.05) is 19.2 Å². The SMILES string of the molecule is N=CO/C1=C\C[C@@H]2COCCN2c2cc(=O)n3c(n2)N(C1)[C@H](C(F)(F)F)CC3. The predicted octanol–water partition coefficient (Wildman–Crippen LogP) is 1.50. The van der Waals surface area contributed by atoms with E-state index in [9.17, 15) is 18.0 Å². The number of aromatic nitrogens is 2. The second kappa shape index (κ2) is 7.12. The van der Waals surface area contributed by atoms with Crippen LogP contribution < -0.4 is 15.4 Å². The summed E-state index contributed by atoms with van der Waals surface area (Å²) in [6.07, 6.45) is -1.92. The molecule has 2 bridgehead atoms. The number of hydrogen-bond acceptors (Lipinski definition) is 7. The highest BCUT2D eigenvalue weighted by Gasteiger charge is 2.47. The number of morpholine rings is 1. The van der Waals surface area contributed by atoms with Crippen LogP contribution in [0.3, 0.4) is 0 Å². The fourth-order valence-corrected chi connectivity index (χ4v) is 3.94. The van der Waals surface area contributed by atoms with Crippen LogP contribution in [-0.4, -0.2) is 60.5 Å². The van der Waals surface area contributed by atoms with Crippen molar-refractivity contribution < 1.29 is 22.6 Å². The van der Waals surface area contributed by atoms with Crippen molar-refractivity contribution in [3.8, 4) is 0 Å². The normalized spacial score (nSPS) is 26.8. The lowest BCUT2D eigenvalue weighted by Crippen LogP contribution is -2.54. The number of nitrogens with zero attached hydrogens (tertiary/aromatic N) is 4. The van der Waals surface area contributed by atoms with Crippen molar-refractivity contribution in [3.63, 3.8) is 0 Å². The van der Waals surface area contributed by atoms with Gasteiger partial charge in [0.1, 0.15) is 17.6 Å². The first kappa shape index (κ1) is 18.8. The van der Waals surface area contributed by atoms with Crippen LogP contribution in [0.4, 0.5) is 24.9 Å². The number of alkyl halides is 3. The third kappa shape index (κ3) is 3.34. The van der Waals surface area contributed by atoms with Crippen LogP contribution in [0.5, 0.6) is 0 Å². The summed E-state index contributed by atoms with van der Waals surface area (Å²) in [6.45, 7) is 1.04. The van der Waals surface area contributed by atoms with Gasteiger partial charge in [0.2, 0.25) is 5.95 Å². The molecule has 4 rings (SSSR count). The monoisotopic (exact) mass is 399 g/mol. The lowest BCUT2D eigenvalue weighted by Gasteiger charge is -2.41. The lowest BCUT2D eigenvalue weighted by molar-refractivity contribution is -0.152. The van der Waals surface area contributed by atoms with Crippen LogP contribution in [0, 0.1) is 5.41 Å². The molecule has 152 valence electrons. The van der Waals surface area contributed by atoms with Gasteiger partial charge in [-0.2, -0.15) is 18.2 Å². The van der Waals surface area contributed by atoms with Gasteiger partial charge in [-0.05, 0) is 18.9 Å². The Morgan fingerprint density at radius 1 is 1.32 bits per heavy atom. The van der Waals surface area contributed by atoms with E-state index in [0.29, 0.717) is 38.4 Å². The molecule has 1 fully saturated rings. The molecule has 2 atom stereocenters. The quantitative estimate of drug-likeness (QED) is 0.600. The predicted molar refractivity (Wildman–Crippen MR) is 94.8 cm³/mol. The summed E-state index contributed by atoms with van der Waals surface area (Å²) in [5, 5.41) is 7.20. The van der Waals surface area contributed by atoms with Crippen LogP contribution in [0.1, 0.15) is 12.8 Å². The smallest absolute Gasteiger partial charge is 0.408 e. The van der Waals surface area contributed by atoms with E-state index in [1.165, 1.54) is 10.6 Å². The number of hydrogen-bond donors (Lipinski definition) is 1. The maximum Gasteiger partial charge on any atom is 0.408 e. The molecule has 0 amide bonds. The van der Waals surface area contributed by atoms with Crippen molar-refractivity contribution in [1.82, 2.24) is 9.55 Å². The standard InChI is InChI=1S/C17H20F3N5O3/c18-17(19,20)13-3-4-24-15(26)7-14-22-16(24)25(13)8-12(28-10-21)2-1-11-9-27-6-5-23(11)14/h2,7,10-11,13,21H,1,3-6,8-9H2/b12-2-,21-10?/t11-,13+/m1/s1. The summed E-state index contributed by atoms with van der Waals surface area (Å²) in [5.74, 6) is 0.551. The van der Waals surface area contributed by atoms with E-state index in [1.807, 2.05) is 4.90 Å². The Balaban J connectivity index is 1.87.